The SMILES string of the molecule is CC(C)(C)CCOc1ccccc1C12CC(C1)C2. The van der Waals surface area contributed by atoms with Crippen molar-refractivity contribution in [2.24, 2.45) is 11.3 Å². The van der Waals surface area contributed by atoms with Crippen LogP contribution in [0.15, 0.2) is 24.3 Å². The van der Waals surface area contributed by atoms with Crippen molar-refractivity contribution in [3.05, 3.63) is 29.8 Å². The molecule has 0 saturated heterocycles. The fraction of sp³-hybridized carbons (Fsp3) is 0.647. The third-order valence-corrected chi connectivity index (χ3v) is 4.61. The van der Waals surface area contributed by atoms with Gasteiger partial charge in [-0.05, 0) is 48.5 Å². The fourth-order valence-electron chi connectivity index (χ4n) is 3.31. The van der Waals surface area contributed by atoms with Gasteiger partial charge in [-0.15, -0.1) is 0 Å². The Morgan fingerprint density at radius 2 is 1.83 bits per heavy atom. The summed E-state index contributed by atoms with van der Waals surface area (Å²) < 4.78 is 6.06. The molecule has 1 aromatic rings. The molecule has 3 fully saturated rings. The highest BCUT2D eigenvalue weighted by molar-refractivity contribution is 5.45. The van der Waals surface area contributed by atoms with Crippen molar-refractivity contribution < 1.29 is 4.74 Å². The lowest BCUT2D eigenvalue weighted by Crippen LogP contribution is -2.55. The molecule has 98 valence electrons. The molecule has 4 rings (SSSR count). The van der Waals surface area contributed by atoms with E-state index in [2.05, 4.69) is 45.0 Å². The molecule has 0 amide bonds. The van der Waals surface area contributed by atoms with Crippen molar-refractivity contribution in [1.82, 2.24) is 0 Å². The minimum absolute atomic E-state index is 0.352. The van der Waals surface area contributed by atoms with Gasteiger partial charge in [-0.25, -0.2) is 0 Å². The third kappa shape index (κ3) is 2.04. The molecular weight excluding hydrogens is 220 g/mol. The number of benzene rings is 1. The second-order valence-electron chi connectivity index (χ2n) is 7.41. The maximum atomic E-state index is 6.06. The lowest BCUT2D eigenvalue weighted by molar-refractivity contribution is -0.0294. The van der Waals surface area contributed by atoms with Crippen LogP contribution < -0.4 is 4.74 Å². The van der Waals surface area contributed by atoms with Gasteiger partial charge in [-0.2, -0.15) is 0 Å². The first kappa shape index (κ1) is 12.1. The maximum Gasteiger partial charge on any atom is 0.123 e. The maximum absolute atomic E-state index is 6.06. The van der Waals surface area contributed by atoms with Crippen LogP contribution in [0.4, 0.5) is 0 Å². The van der Waals surface area contributed by atoms with E-state index in [1.165, 1.54) is 24.8 Å². The van der Waals surface area contributed by atoms with E-state index in [0.717, 1.165) is 24.7 Å². The van der Waals surface area contributed by atoms with Crippen LogP contribution in [0.2, 0.25) is 0 Å². The molecule has 0 aromatic heterocycles. The van der Waals surface area contributed by atoms with Gasteiger partial charge in [0.15, 0.2) is 0 Å². The summed E-state index contributed by atoms with van der Waals surface area (Å²) >= 11 is 0. The minimum Gasteiger partial charge on any atom is -0.493 e. The van der Waals surface area contributed by atoms with Crippen LogP contribution in [0.25, 0.3) is 0 Å². The Morgan fingerprint density at radius 3 is 2.39 bits per heavy atom. The van der Waals surface area contributed by atoms with E-state index in [1.807, 2.05) is 0 Å². The summed E-state index contributed by atoms with van der Waals surface area (Å²) in [6.45, 7) is 7.64. The molecule has 2 bridgehead atoms. The number of para-hydroxylation sites is 1. The molecule has 1 nitrogen and oxygen atoms in total. The van der Waals surface area contributed by atoms with Gasteiger partial charge in [0.05, 0.1) is 6.61 Å². The van der Waals surface area contributed by atoms with Crippen molar-refractivity contribution in [2.45, 2.75) is 51.9 Å². The van der Waals surface area contributed by atoms with E-state index >= 15 is 0 Å². The van der Waals surface area contributed by atoms with Crippen LogP contribution in [0, 0.1) is 11.3 Å². The summed E-state index contributed by atoms with van der Waals surface area (Å²) in [5, 5.41) is 0. The van der Waals surface area contributed by atoms with Crippen LogP contribution in [-0.2, 0) is 5.41 Å². The lowest BCUT2D eigenvalue weighted by Gasteiger charge is -2.62. The second kappa shape index (κ2) is 4.01. The molecule has 18 heavy (non-hydrogen) atoms. The molecule has 1 heteroatoms. The number of hydrogen-bond donors (Lipinski definition) is 0. The van der Waals surface area contributed by atoms with Crippen LogP contribution >= 0.6 is 0 Å². The van der Waals surface area contributed by atoms with E-state index in [-0.39, 0.29) is 0 Å². The van der Waals surface area contributed by atoms with E-state index in [1.54, 1.807) is 0 Å². The Hall–Kier alpha value is -0.980. The first-order valence-electron chi connectivity index (χ1n) is 7.21. The minimum atomic E-state index is 0.352. The Bertz CT molecular complexity index is 424. The Morgan fingerprint density at radius 1 is 1.17 bits per heavy atom. The van der Waals surface area contributed by atoms with Gasteiger partial charge in [-0.1, -0.05) is 39.0 Å². The van der Waals surface area contributed by atoms with E-state index < -0.39 is 0 Å². The molecule has 0 radical (unpaired) electrons. The van der Waals surface area contributed by atoms with Crippen molar-refractivity contribution in [2.75, 3.05) is 6.61 Å². The monoisotopic (exact) mass is 244 g/mol. The molecule has 3 aliphatic rings. The standard InChI is InChI=1S/C17H24O/c1-16(2,3)8-9-18-15-7-5-4-6-14(15)17-10-13(11-17)12-17/h4-7,13H,8-12H2,1-3H3. The number of ether oxygens (including phenoxy) is 1. The summed E-state index contributed by atoms with van der Waals surface area (Å²) in [4.78, 5) is 0. The molecular formula is C17H24O. The van der Waals surface area contributed by atoms with Gasteiger partial charge < -0.3 is 4.74 Å². The zero-order valence-electron chi connectivity index (χ0n) is 11.8. The summed E-state index contributed by atoms with van der Waals surface area (Å²) in [5.74, 6) is 2.16. The predicted octanol–water partition coefficient (Wildman–Crippen LogP) is 4.55. The zero-order valence-corrected chi connectivity index (χ0v) is 11.8. The van der Waals surface area contributed by atoms with Crippen LogP contribution in [0.5, 0.6) is 5.75 Å². The number of hydrogen-bond acceptors (Lipinski definition) is 1. The average Bonchev–Trinajstić information content (AvgIpc) is 2.14. The van der Waals surface area contributed by atoms with Crippen molar-refractivity contribution >= 4 is 0 Å². The van der Waals surface area contributed by atoms with Gasteiger partial charge in [0.25, 0.3) is 0 Å². The first-order valence-corrected chi connectivity index (χ1v) is 7.21. The van der Waals surface area contributed by atoms with E-state index in [4.69, 9.17) is 4.74 Å². The highest BCUT2D eigenvalue weighted by Gasteiger charge is 2.58. The third-order valence-electron chi connectivity index (χ3n) is 4.61. The molecule has 0 atom stereocenters. The largest absolute Gasteiger partial charge is 0.493 e. The van der Waals surface area contributed by atoms with Gasteiger partial charge in [0.1, 0.15) is 5.75 Å². The van der Waals surface area contributed by atoms with Crippen molar-refractivity contribution in [3.63, 3.8) is 0 Å². The smallest absolute Gasteiger partial charge is 0.123 e. The summed E-state index contributed by atoms with van der Waals surface area (Å²) in [5.41, 5.74) is 2.33. The molecule has 0 heterocycles. The molecule has 1 aromatic carbocycles. The Labute approximate surface area is 111 Å². The van der Waals surface area contributed by atoms with Crippen LogP contribution in [-0.4, -0.2) is 6.61 Å². The second-order valence-corrected chi connectivity index (χ2v) is 7.41. The summed E-state index contributed by atoms with van der Waals surface area (Å²) in [6.07, 6.45) is 5.29. The van der Waals surface area contributed by atoms with Crippen molar-refractivity contribution in [3.8, 4) is 5.75 Å². The quantitative estimate of drug-likeness (QED) is 0.755. The van der Waals surface area contributed by atoms with Crippen LogP contribution in [0.1, 0.15) is 52.0 Å². The molecule has 0 unspecified atom stereocenters. The van der Waals surface area contributed by atoms with Crippen LogP contribution in [0.3, 0.4) is 0 Å². The normalized spacial score (nSPS) is 29.4. The summed E-state index contributed by atoms with van der Waals surface area (Å²) in [6, 6.07) is 8.69. The van der Waals surface area contributed by atoms with E-state index in [0.29, 0.717) is 10.8 Å². The predicted molar refractivity (Wildman–Crippen MR) is 75.0 cm³/mol. The molecule has 3 aliphatic carbocycles. The van der Waals surface area contributed by atoms with Crippen molar-refractivity contribution in [1.29, 1.82) is 0 Å². The lowest BCUT2D eigenvalue weighted by atomic mass is 9.42. The van der Waals surface area contributed by atoms with Gasteiger partial charge >= 0.3 is 0 Å². The highest BCUT2D eigenvalue weighted by atomic mass is 16.5. The highest BCUT2D eigenvalue weighted by Crippen LogP contribution is 2.66. The molecule has 0 N–H and O–H groups in total. The first-order chi connectivity index (χ1) is 8.49. The number of rotatable bonds is 4. The summed E-state index contributed by atoms with van der Waals surface area (Å²) in [7, 11) is 0. The molecule has 0 aliphatic heterocycles. The zero-order chi connectivity index (χ0) is 12.8. The Balaban J connectivity index is 1.68. The van der Waals surface area contributed by atoms with Gasteiger partial charge in [0, 0.05) is 5.56 Å². The Kier molecular flexibility index (Phi) is 2.69. The van der Waals surface area contributed by atoms with Gasteiger partial charge in [-0.3, -0.25) is 0 Å². The molecule has 0 spiro atoms. The average molecular weight is 244 g/mol. The van der Waals surface area contributed by atoms with Gasteiger partial charge in [0.2, 0.25) is 0 Å². The fourth-order valence-corrected chi connectivity index (χ4v) is 3.31. The topological polar surface area (TPSA) is 9.23 Å². The van der Waals surface area contributed by atoms with E-state index in [9.17, 15) is 0 Å². The molecule has 3 saturated carbocycles.